The van der Waals surface area contributed by atoms with Crippen LogP contribution in [0.1, 0.15) is 71.0 Å². The van der Waals surface area contributed by atoms with Crippen LogP contribution in [0.4, 0.5) is 0 Å². The zero-order valence-electron chi connectivity index (χ0n) is 13.5. The number of aliphatic hydroxyl groups excluding tert-OH is 1. The molecule has 5 heteroatoms. The lowest BCUT2D eigenvalue weighted by Gasteiger charge is -2.33. The van der Waals surface area contributed by atoms with Gasteiger partial charge in [0, 0.05) is 6.61 Å². The van der Waals surface area contributed by atoms with E-state index >= 15 is 0 Å². The molecule has 21 heavy (non-hydrogen) atoms. The van der Waals surface area contributed by atoms with Crippen molar-refractivity contribution in [2.24, 2.45) is 5.92 Å². The Hall–Kier alpha value is -0.940. The molecule has 1 saturated carbocycles. The minimum atomic E-state index is -0.423. The molecule has 1 aromatic heterocycles. The Bertz CT molecular complexity index is 419. The van der Waals surface area contributed by atoms with E-state index in [4.69, 9.17) is 9.26 Å². The number of nitrogens with zero attached hydrogens (tertiary/aromatic N) is 2. The molecule has 0 bridgehead atoms. The second kappa shape index (κ2) is 7.36. The zero-order valence-corrected chi connectivity index (χ0v) is 13.5. The summed E-state index contributed by atoms with van der Waals surface area (Å²) in [6, 6.07) is 0. The lowest BCUT2D eigenvalue weighted by molar-refractivity contribution is -0.0777. The summed E-state index contributed by atoms with van der Waals surface area (Å²) < 4.78 is 11.3. The molecule has 1 aliphatic rings. The smallest absolute Gasteiger partial charge is 0.229 e. The summed E-state index contributed by atoms with van der Waals surface area (Å²) in [6.07, 6.45) is 6.17. The average Bonchev–Trinajstić information content (AvgIpc) is 2.88. The van der Waals surface area contributed by atoms with E-state index in [1.54, 1.807) is 0 Å². The zero-order chi connectivity index (χ0) is 15.3. The van der Waals surface area contributed by atoms with Gasteiger partial charge in [-0.1, -0.05) is 38.3 Å². The van der Waals surface area contributed by atoms with Crippen molar-refractivity contribution in [3.05, 3.63) is 11.7 Å². The first-order valence-electron chi connectivity index (χ1n) is 8.21. The largest absolute Gasteiger partial charge is 0.393 e. The van der Waals surface area contributed by atoms with Gasteiger partial charge >= 0.3 is 0 Å². The highest BCUT2D eigenvalue weighted by Gasteiger charge is 2.39. The maximum Gasteiger partial charge on any atom is 0.229 e. The number of rotatable bonds is 7. The fourth-order valence-corrected chi connectivity index (χ4v) is 3.18. The van der Waals surface area contributed by atoms with Gasteiger partial charge in [-0.25, -0.2) is 0 Å². The van der Waals surface area contributed by atoms with Crippen LogP contribution in [0.25, 0.3) is 0 Å². The molecule has 1 aromatic rings. The molecule has 1 atom stereocenters. The molecule has 0 amide bonds. The summed E-state index contributed by atoms with van der Waals surface area (Å²) in [4.78, 5) is 4.51. The number of aliphatic hydroxyl groups is 1. The van der Waals surface area contributed by atoms with E-state index in [1.807, 2.05) is 6.92 Å². The highest BCUT2D eigenvalue weighted by Crippen LogP contribution is 2.39. The Morgan fingerprint density at radius 1 is 1.29 bits per heavy atom. The van der Waals surface area contributed by atoms with E-state index in [1.165, 1.54) is 6.42 Å². The van der Waals surface area contributed by atoms with Gasteiger partial charge < -0.3 is 14.4 Å². The fourth-order valence-electron chi connectivity index (χ4n) is 3.18. The van der Waals surface area contributed by atoms with Gasteiger partial charge in [-0.3, -0.25) is 0 Å². The van der Waals surface area contributed by atoms with Gasteiger partial charge in [0.1, 0.15) is 5.60 Å². The molecule has 1 aliphatic carbocycles. The Labute approximate surface area is 127 Å². The summed E-state index contributed by atoms with van der Waals surface area (Å²) in [5, 5.41) is 14.1. The molecule has 2 rings (SSSR count). The van der Waals surface area contributed by atoms with E-state index in [0.29, 0.717) is 30.7 Å². The predicted molar refractivity (Wildman–Crippen MR) is 79.9 cm³/mol. The van der Waals surface area contributed by atoms with Crippen LogP contribution in [0, 0.1) is 5.92 Å². The van der Waals surface area contributed by atoms with E-state index in [0.717, 1.165) is 32.1 Å². The third-order valence-electron chi connectivity index (χ3n) is 4.11. The average molecular weight is 296 g/mol. The topological polar surface area (TPSA) is 68.4 Å². The van der Waals surface area contributed by atoms with Crippen LogP contribution < -0.4 is 0 Å². The Balaban J connectivity index is 2.06. The summed E-state index contributed by atoms with van der Waals surface area (Å²) in [5.74, 6) is 1.63. The van der Waals surface area contributed by atoms with Crippen LogP contribution in [-0.2, 0) is 16.8 Å². The highest BCUT2D eigenvalue weighted by molar-refractivity contribution is 5.03. The van der Waals surface area contributed by atoms with E-state index in [-0.39, 0.29) is 5.60 Å². The number of aromatic nitrogens is 2. The normalized spacial score (nSPS) is 19.9. The van der Waals surface area contributed by atoms with Crippen LogP contribution in [0.15, 0.2) is 4.52 Å². The predicted octanol–water partition coefficient (Wildman–Crippen LogP) is 3.22. The van der Waals surface area contributed by atoms with Crippen molar-refractivity contribution >= 4 is 0 Å². The van der Waals surface area contributed by atoms with Gasteiger partial charge in [-0.2, -0.15) is 4.98 Å². The molecule has 0 aliphatic heterocycles. The minimum Gasteiger partial charge on any atom is -0.393 e. The summed E-state index contributed by atoms with van der Waals surface area (Å²) in [7, 11) is 0. The van der Waals surface area contributed by atoms with Crippen molar-refractivity contribution in [1.29, 1.82) is 0 Å². The van der Waals surface area contributed by atoms with Crippen molar-refractivity contribution in [1.82, 2.24) is 10.1 Å². The maximum atomic E-state index is 10.0. The Morgan fingerprint density at radius 3 is 2.62 bits per heavy atom. The van der Waals surface area contributed by atoms with Gasteiger partial charge in [-0.05, 0) is 32.1 Å². The molecule has 0 spiro atoms. The fraction of sp³-hybridized carbons (Fsp3) is 0.875. The molecule has 1 fully saturated rings. The first-order chi connectivity index (χ1) is 10.1. The SMILES string of the molecule is CCOC1(c2noc(CC(O)CC(C)C)n2)CCCCC1. The molecule has 1 heterocycles. The molecular formula is C16H28N2O3. The molecular weight excluding hydrogens is 268 g/mol. The second-order valence-electron chi connectivity index (χ2n) is 6.49. The molecule has 1 N–H and O–H groups in total. The van der Waals surface area contributed by atoms with Crippen molar-refractivity contribution < 1.29 is 14.4 Å². The number of ether oxygens (including phenoxy) is 1. The van der Waals surface area contributed by atoms with Crippen molar-refractivity contribution in [2.45, 2.75) is 77.4 Å². The minimum absolute atomic E-state index is 0.377. The van der Waals surface area contributed by atoms with E-state index < -0.39 is 6.10 Å². The van der Waals surface area contributed by atoms with Crippen LogP contribution >= 0.6 is 0 Å². The Kier molecular flexibility index (Phi) is 5.76. The van der Waals surface area contributed by atoms with E-state index in [9.17, 15) is 5.11 Å². The van der Waals surface area contributed by atoms with Crippen molar-refractivity contribution in [3.8, 4) is 0 Å². The van der Waals surface area contributed by atoms with Crippen LogP contribution in [0.2, 0.25) is 0 Å². The molecule has 1 unspecified atom stereocenters. The van der Waals surface area contributed by atoms with Gasteiger partial charge in [-0.15, -0.1) is 0 Å². The summed E-state index contributed by atoms with van der Waals surface area (Å²) >= 11 is 0. The monoisotopic (exact) mass is 296 g/mol. The van der Waals surface area contributed by atoms with Crippen LogP contribution in [0.5, 0.6) is 0 Å². The van der Waals surface area contributed by atoms with Gasteiger partial charge in [0.25, 0.3) is 0 Å². The molecule has 0 saturated heterocycles. The third-order valence-corrected chi connectivity index (χ3v) is 4.11. The summed E-state index contributed by atoms with van der Waals surface area (Å²) in [5.41, 5.74) is -0.377. The lowest BCUT2D eigenvalue weighted by Crippen LogP contribution is -2.33. The quantitative estimate of drug-likeness (QED) is 0.836. The van der Waals surface area contributed by atoms with Gasteiger partial charge in [0.2, 0.25) is 11.7 Å². The van der Waals surface area contributed by atoms with E-state index in [2.05, 4.69) is 24.0 Å². The molecule has 0 radical (unpaired) electrons. The maximum absolute atomic E-state index is 10.0. The molecule has 0 aromatic carbocycles. The van der Waals surface area contributed by atoms with Gasteiger partial charge in [0.05, 0.1) is 12.5 Å². The number of hydrogen-bond donors (Lipinski definition) is 1. The third kappa shape index (κ3) is 4.27. The molecule has 120 valence electrons. The van der Waals surface area contributed by atoms with Crippen molar-refractivity contribution in [3.63, 3.8) is 0 Å². The van der Waals surface area contributed by atoms with Crippen LogP contribution in [-0.4, -0.2) is 28.0 Å². The number of hydrogen-bond acceptors (Lipinski definition) is 5. The van der Waals surface area contributed by atoms with Crippen molar-refractivity contribution in [2.75, 3.05) is 6.61 Å². The lowest BCUT2D eigenvalue weighted by atomic mass is 9.84. The second-order valence-corrected chi connectivity index (χ2v) is 6.49. The first-order valence-corrected chi connectivity index (χ1v) is 8.21. The standard InChI is InChI=1S/C16H28N2O3/c1-4-20-16(8-6-5-7-9-16)15-17-14(21-18-15)11-13(19)10-12(2)3/h12-13,19H,4-11H2,1-3H3. The molecule has 5 nitrogen and oxygen atoms in total. The highest BCUT2D eigenvalue weighted by atomic mass is 16.5. The summed E-state index contributed by atoms with van der Waals surface area (Å²) in [6.45, 7) is 6.84. The van der Waals surface area contributed by atoms with Gasteiger partial charge in [0.15, 0.2) is 0 Å². The van der Waals surface area contributed by atoms with Crippen LogP contribution in [0.3, 0.4) is 0 Å². The first kappa shape index (κ1) is 16.4. The Morgan fingerprint density at radius 2 is 2.00 bits per heavy atom.